The number of nitrogens with one attached hydrogen (secondary N) is 1. The Morgan fingerprint density at radius 2 is 2.21 bits per heavy atom. The molecular weight excluding hydrogens is 406 g/mol. The summed E-state index contributed by atoms with van der Waals surface area (Å²) in [5, 5.41) is 2.22. The predicted molar refractivity (Wildman–Crippen MR) is 117 cm³/mol. The standard InChI is InChI=1S/C20H20ClN7S/c1-2-13-17(21)16-18(25-13)26-20(27-19(16)28-7-5-11(22)10-28)29-12-8-15-14(24-9-12)4-3-6-23-15/h3-4,6,8-9,11H,2,5,7,10,22H2,1H3,(H,25,26,27). The van der Waals surface area contributed by atoms with Gasteiger partial charge in [0.1, 0.15) is 11.5 Å². The van der Waals surface area contributed by atoms with Crippen molar-refractivity contribution in [3.8, 4) is 0 Å². The first-order valence-corrected chi connectivity index (χ1v) is 10.8. The number of anilines is 1. The topological polar surface area (TPSA) is 96.6 Å². The molecule has 1 atom stereocenters. The minimum absolute atomic E-state index is 0.148. The Hall–Kier alpha value is -2.42. The lowest BCUT2D eigenvalue weighted by Gasteiger charge is -2.18. The first-order chi connectivity index (χ1) is 14.1. The minimum atomic E-state index is 0.148. The van der Waals surface area contributed by atoms with E-state index < -0.39 is 0 Å². The Balaban J connectivity index is 1.59. The van der Waals surface area contributed by atoms with Crippen LogP contribution in [0.15, 0.2) is 40.6 Å². The number of pyridine rings is 2. The van der Waals surface area contributed by atoms with E-state index in [4.69, 9.17) is 27.3 Å². The van der Waals surface area contributed by atoms with Crippen molar-refractivity contribution in [2.24, 2.45) is 5.73 Å². The zero-order valence-electron chi connectivity index (χ0n) is 15.9. The van der Waals surface area contributed by atoms with Gasteiger partial charge in [-0.3, -0.25) is 9.97 Å². The molecule has 0 aliphatic carbocycles. The number of rotatable bonds is 4. The Labute approximate surface area is 177 Å². The summed E-state index contributed by atoms with van der Waals surface area (Å²) in [5.41, 5.74) is 9.58. The van der Waals surface area contributed by atoms with E-state index in [2.05, 4.69) is 26.8 Å². The Morgan fingerprint density at radius 3 is 3.00 bits per heavy atom. The normalized spacial score (nSPS) is 16.9. The molecule has 4 aromatic heterocycles. The fraction of sp³-hybridized carbons (Fsp3) is 0.300. The molecule has 0 amide bonds. The van der Waals surface area contributed by atoms with Crippen molar-refractivity contribution < 1.29 is 0 Å². The van der Waals surface area contributed by atoms with Crippen LogP contribution in [-0.4, -0.2) is 44.1 Å². The molecule has 5 rings (SSSR count). The van der Waals surface area contributed by atoms with Gasteiger partial charge in [-0.1, -0.05) is 18.5 Å². The molecule has 1 aliphatic rings. The fourth-order valence-corrected chi connectivity index (χ4v) is 4.77. The smallest absolute Gasteiger partial charge is 0.196 e. The second-order valence-electron chi connectivity index (χ2n) is 7.13. The molecule has 0 aromatic carbocycles. The van der Waals surface area contributed by atoms with E-state index in [1.807, 2.05) is 24.4 Å². The highest BCUT2D eigenvalue weighted by Crippen LogP contribution is 2.37. The van der Waals surface area contributed by atoms with Gasteiger partial charge in [0.25, 0.3) is 0 Å². The van der Waals surface area contributed by atoms with Crippen LogP contribution in [0.3, 0.4) is 0 Å². The van der Waals surface area contributed by atoms with E-state index >= 15 is 0 Å². The van der Waals surface area contributed by atoms with E-state index in [1.54, 1.807) is 6.20 Å². The lowest BCUT2D eigenvalue weighted by atomic mass is 10.3. The van der Waals surface area contributed by atoms with Crippen molar-refractivity contribution in [3.63, 3.8) is 0 Å². The molecule has 0 spiro atoms. The van der Waals surface area contributed by atoms with Gasteiger partial charge in [-0.15, -0.1) is 0 Å². The molecule has 29 heavy (non-hydrogen) atoms. The zero-order valence-corrected chi connectivity index (χ0v) is 17.5. The zero-order chi connectivity index (χ0) is 20.0. The number of aromatic nitrogens is 5. The summed E-state index contributed by atoms with van der Waals surface area (Å²) < 4.78 is 0. The van der Waals surface area contributed by atoms with Gasteiger partial charge >= 0.3 is 0 Å². The predicted octanol–water partition coefficient (Wildman–Crippen LogP) is 3.81. The number of halogens is 1. The van der Waals surface area contributed by atoms with Crippen LogP contribution in [0.1, 0.15) is 19.0 Å². The lowest BCUT2D eigenvalue weighted by molar-refractivity contribution is 0.751. The summed E-state index contributed by atoms with van der Waals surface area (Å²) >= 11 is 8.13. The van der Waals surface area contributed by atoms with Crippen LogP contribution in [0, 0.1) is 0 Å². The number of aromatic amines is 1. The maximum Gasteiger partial charge on any atom is 0.196 e. The SMILES string of the molecule is CCc1[nH]c2nc(Sc3cnc4cccnc4c3)nc(N3CCC(N)C3)c2c1Cl. The Kier molecular flexibility index (Phi) is 4.77. The minimum Gasteiger partial charge on any atom is -0.354 e. The summed E-state index contributed by atoms with van der Waals surface area (Å²) in [6.07, 6.45) is 5.34. The summed E-state index contributed by atoms with van der Waals surface area (Å²) in [4.78, 5) is 25.0. The molecule has 1 aliphatic heterocycles. The third kappa shape index (κ3) is 3.41. The molecule has 5 heterocycles. The van der Waals surface area contributed by atoms with E-state index in [0.29, 0.717) is 10.2 Å². The maximum absolute atomic E-state index is 6.66. The maximum atomic E-state index is 6.66. The van der Waals surface area contributed by atoms with Crippen molar-refractivity contribution in [1.29, 1.82) is 0 Å². The largest absolute Gasteiger partial charge is 0.354 e. The van der Waals surface area contributed by atoms with Crippen LogP contribution < -0.4 is 10.6 Å². The molecule has 0 saturated carbocycles. The molecule has 0 bridgehead atoms. The van der Waals surface area contributed by atoms with E-state index in [1.165, 1.54) is 11.8 Å². The quantitative estimate of drug-likeness (QED) is 0.480. The molecule has 0 radical (unpaired) electrons. The number of nitrogens with two attached hydrogens (primary N) is 1. The first kappa shape index (κ1) is 18.6. The summed E-state index contributed by atoms with van der Waals surface area (Å²) in [7, 11) is 0. The molecule has 148 valence electrons. The van der Waals surface area contributed by atoms with E-state index in [-0.39, 0.29) is 6.04 Å². The molecule has 3 N–H and O–H groups in total. The highest BCUT2D eigenvalue weighted by Gasteiger charge is 2.26. The third-order valence-corrected chi connectivity index (χ3v) is 6.38. The first-order valence-electron chi connectivity index (χ1n) is 9.59. The van der Waals surface area contributed by atoms with Gasteiger partial charge in [-0.05, 0) is 42.8 Å². The number of H-pyrrole nitrogens is 1. The van der Waals surface area contributed by atoms with Crippen molar-refractivity contribution in [1.82, 2.24) is 24.9 Å². The summed E-state index contributed by atoms with van der Waals surface area (Å²) in [6.45, 7) is 3.70. The number of aryl methyl sites for hydroxylation is 1. The molecule has 7 nitrogen and oxygen atoms in total. The van der Waals surface area contributed by atoms with Gasteiger partial charge in [-0.2, -0.15) is 0 Å². The van der Waals surface area contributed by atoms with Crippen LogP contribution in [0.2, 0.25) is 5.02 Å². The second kappa shape index (κ2) is 7.44. The van der Waals surface area contributed by atoms with Gasteiger partial charge in [0.2, 0.25) is 0 Å². The van der Waals surface area contributed by atoms with Gasteiger partial charge < -0.3 is 15.6 Å². The Morgan fingerprint density at radius 1 is 1.31 bits per heavy atom. The Bertz CT molecular complexity index is 1210. The molecule has 9 heteroatoms. The molecule has 1 unspecified atom stereocenters. The van der Waals surface area contributed by atoms with Crippen molar-refractivity contribution in [2.75, 3.05) is 18.0 Å². The van der Waals surface area contributed by atoms with Gasteiger partial charge in [0.05, 0.1) is 21.4 Å². The second-order valence-corrected chi connectivity index (χ2v) is 8.55. The summed E-state index contributed by atoms with van der Waals surface area (Å²) in [5.74, 6) is 0.846. The number of fused-ring (bicyclic) bond motifs is 2. The number of hydrogen-bond donors (Lipinski definition) is 2. The van der Waals surface area contributed by atoms with Crippen molar-refractivity contribution in [3.05, 3.63) is 41.3 Å². The van der Waals surface area contributed by atoms with Gasteiger partial charge in [0, 0.05) is 42.1 Å². The van der Waals surface area contributed by atoms with Crippen molar-refractivity contribution in [2.45, 2.75) is 35.9 Å². The lowest BCUT2D eigenvalue weighted by Crippen LogP contribution is -2.27. The van der Waals surface area contributed by atoms with Crippen LogP contribution in [0.5, 0.6) is 0 Å². The number of nitrogens with zero attached hydrogens (tertiary/aromatic N) is 5. The fourth-order valence-electron chi connectivity index (χ4n) is 3.66. The highest BCUT2D eigenvalue weighted by atomic mass is 35.5. The van der Waals surface area contributed by atoms with Gasteiger partial charge in [-0.25, -0.2) is 9.97 Å². The molecule has 1 saturated heterocycles. The van der Waals surface area contributed by atoms with Crippen LogP contribution >= 0.6 is 23.4 Å². The van der Waals surface area contributed by atoms with Crippen LogP contribution in [0.25, 0.3) is 22.1 Å². The molecular formula is C20H20ClN7S. The highest BCUT2D eigenvalue weighted by molar-refractivity contribution is 7.99. The van der Waals surface area contributed by atoms with E-state index in [0.717, 1.165) is 64.4 Å². The molecule has 1 fully saturated rings. The third-order valence-electron chi connectivity index (χ3n) is 5.14. The monoisotopic (exact) mass is 425 g/mol. The van der Waals surface area contributed by atoms with E-state index in [9.17, 15) is 0 Å². The van der Waals surface area contributed by atoms with Crippen LogP contribution in [-0.2, 0) is 6.42 Å². The average molecular weight is 426 g/mol. The van der Waals surface area contributed by atoms with Crippen LogP contribution in [0.4, 0.5) is 5.82 Å². The van der Waals surface area contributed by atoms with Gasteiger partial charge in [0.15, 0.2) is 5.16 Å². The summed E-state index contributed by atoms with van der Waals surface area (Å²) in [6, 6.07) is 5.98. The molecule has 4 aromatic rings. The van der Waals surface area contributed by atoms with Crippen molar-refractivity contribution >= 4 is 51.2 Å². The average Bonchev–Trinajstić information content (AvgIpc) is 3.30. The number of hydrogen-bond acceptors (Lipinski definition) is 7.